The van der Waals surface area contributed by atoms with Gasteiger partial charge in [-0.25, -0.2) is 4.42 Å². The molecule has 0 aliphatic rings. The van der Waals surface area contributed by atoms with Crippen LogP contribution in [0.15, 0.2) is 40.6 Å². The standard InChI is InChI=1S/C24H29Cl2N3O6/c1-6-32-18-11-10-12-19(33-7-2)22(18)29(26)24(31)21(15(5)30)28-27-17-13-16(25)14-20(34-8-3)23(17)35-9-4/h10-14,21H,6-9H2,1-5H3. The molecule has 2 aromatic carbocycles. The van der Waals surface area contributed by atoms with Crippen LogP contribution in [0.1, 0.15) is 34.6 Å². The van der Waals surface area contributed by atoms with Crippen LogP contribution in [-0.2, 0) is 9.59 Å². The average Bonchev–Trinajstić information content (AvgIpc) is 2.81. The number of anilines is 1. The molecule has 35 heavy (non-hydrogen) atoms. The van der Waals surface area contributed by atoms with E-state index in [4.69, 9.17) is 42.3 Å². The van der Waals surface area contributed by atoms with Gasteiger partial charge in [-0.3, -0.25) is 9.59 Å². The SMILES string of the molecule is CCOc1cc(Cl)cc(N=NC(C(C)=O)C(=O)N(Cl)c2c(OCC)cccc2OCC)c1OCC. The number of hydrogen-bond acceptors (Lipinski definition) is 8. The maximum absolute atomic E-state index is 13.3. The Morgan fingerprint density at radius 1 is 0.914 bits per heavy atom. The van der Waals surface area contributed by atoms with Crippen molar-refractivity contribution in [2.24, 2.45) is 10.2 Å². The van der Waals surface area contributed by atoms with E-state index in [1.165, 1.54) is 13.0 Å². The number of ether oxygens (including phenoxy) is 4. The van der Waals surface area contributed by atoms with Gasteiger partial charge in [-0.2, -0.15) is 10.2 Å². The van der Waals surface area contributed by atoms with Crippen molar-refractivity contribution >= 4 is 46.4 Å². The maximum Gasteiger partial charge on any atom is 0.276 e. The largest absolute Gasteiger partial charge is 0.491 e. The number of azo groups is 1. The Morgan fingerprint density at radius 3 is 1.97 bits per heavy atom. The third kappa shape index (κ3) is 7.22. The first-order valence-electron chi connectivity index (χ1n) is 11.2. The monoisotopic (exact) mass is 525 g/mol. The molecule has 1 unspecified atom stereocenters. The van der Waals surface area contributed by atoms with Crippen LogP contribution in [0.2, 0.25) is 5.02 Å². The number of Topliss-reactive ketones (excluding diaryl/α,β-unsaturated/α-hetero) is 1. The van der Waals surface area contributed by atoms with Gasteiger partial charge in [0, 0.05) is 22.9 Å². The molecule has 0 aliphatic heterocycles. The van der Waals surface area contributed by atoms with E-state index in [1.54, 1.807) is 45.0 Å². The predicted octanol–water partition coefficient (Wildman–Crippen LogP) is 6.16. The summed E-state index contributed by atoms with van der Waals surface area (Å²) in [7, 11) is 0. The van der Waals surface area contributed by atoms with Crippen molar-refractivity contribution < 1.29 is 28.5 Å². The first-order chi connectivity index (χ1) is 16.8. The Kier molecular flexibility index (Phi) is 11.1. The molecule has 0 aromatic heterocycles. The summed E-state index contributed by atoms with van der Waals surface area (Å²) in [6.45, 7) is 9.76. The van der Waals surface area contributed by atoms with Crippen molar-refractivity contribution in [3.05, 3.63) is 35.4 Å². The number of rotatable bonds is 13. The van der Waals surface area contributed by atoms with E-state index in [0.29, 0.717) is 54.4 Å². The molecular formula is C24H29Cl2N3O6. The third-order valence-corrected chi connectivity index (χ3v) is 4.99. The van der Waals surface area contributed by atoms with Crippen LogP contribution in [0.5, 0.6) is 23.0 Å². The number of carbonyl (C=O) groups is 2. The van der Waals surface area contributed by atoms with Crippen LogP contribution < -0.4 is 23.4 Å². The number of ketones is 1. The minimum absolute atomic E-state index is 0.167. The number of nitrogens with zero attached hydrogens (tertiary/aromatic N) is 3. The lowest BCUT2D eigenvalue weighted by Crippen LogP contribution is -2.36. The molecule has 2 aromatic rings. The number of amides is 1. The van der Waals surface area contributed by atoms with Gasteiger partial charge in [-0.1, -0.05) is 17.7 Å². The van der Waals surface area contributed by atoms with Crippen LogP contribution >= 0.6 is 23.4 Å². The van der Waals surface area contributed by atoms with Crippen molar-refractivity contribution in [1.29, 1.82) is 0 Å². The van der Waals surface area contributed by atoms with Crippen LogP contribution in [0, 0.1) is 0 Å². The lowest BCUT2D eigenvalue weighted by atomic mass is 10.2. The number of carbonyl (C=O) groups excluding carboxylic acids is 2. The summed E-state index contributed by atoms with van der Waals surface area (Å²) in [6, 6.07) is 6.54. The maximum atomic E-state index is 13.3. The molecule has 1 atom stereocenters. The van der Waals surface area contributed by atoms with Crippen molar-refractivity contribution in [3.8, 4) is 23.0 Å². The smallest absolute Gasteiger partial charge is 0.276 e. The molecule has 0 spiro atoms. The Labute approximate surface area is 215 Å². The molecule has 9 nitrogen and oxygen atoms in total. The average molecular weight is 526 g/mol. The third-order valence-electron chi connectivity index (χ3n) is 4.44. The van der Waals surface area contributed by atoms with E-state index in [2.05, 4.69) is 10.2 Å². The van der Waals surface area contributed by atoms with Crippen molar-refractivity contribution in [1.82, 2.24) is 0 Å². The van der Waals surface area contributed by atoms with Crippen molar-refractivity contribution in [2.45, 2.75) is 40.7 Å². The molecule has 0 bridgehead atoms. The molecule has 2 rings (SSSR count). The van der Waals surface area contributed by atoms with Crippen LogP contribution in [0.4, 0.5) is 11.4 Å². The number of para-hydroxylation sites is 1. The van der Waals surface area contributed by atoms with Gasteiger partial charge < -0.3 is 18.9 Å². The second kappa shape index (κ2) is 13.7. The first-order valence-corrected chi connectivity index (χ1v) is 11.9. The van der Waals surface area contributed by atoms with E-state index in [1.807, 2.05) is 6.92 Å². The Bertz CT molecular complexity index is 1040. The topological polar surface area (TPSA) is 99.0 Å². The quantitative estimate of drug-likeness (QED) is 0.176. The molecule has 190 valence electrons. The first kappa shape index (κ1) is 28.2. The zero-order chi connectivity index (χ0) is 26.0. The lowest BCUT2D eigenvalue weighted by Gasteiger charge is -2.22. The number of halogens is 2. The molecule has 0 radical (unpaired) electrons. The second-order valence-electron chi connectivity index (χ2n) is 6.93. The highest BCUT2D eigenvalue weighted by molar-refractivity contribution is 6.40. The minimum Gasteiger partial charge on any atom is -0.491 e. The summed E-state index contributed by atoms with van der Waals surface area (Å²) in [5.74, 6) is -0.109. The zero-order valence-electron chi connectivity index (χ0n) is 20.3. The predicted molar refractivity (Wildman–Crippen MR) is 135 cm³/mol. The Morgan fingerprint density at radius 2 is 1.46 bits per heavy atom. The van der Waals surface area contributed by atoms with Crippen LogP contribution in [0.3, 0.4) is 0 Å². The van der Waals surface area contributed by atoms with Crippen molar-refractivity contribution in [2.75, 3.05) is 30.8 Å². The van der Waals surface area contributed by atoms with E-state index in [-0.39, 0.29) is 11.4 Å². The molecule has 0 saturated carbocycles. The summed E-state index contributed by atoms with van der Waals surface area (Å²) < 4.78 is 23.2. The lowest BCUT2D eigenvalue weighted by molar-refractivity contribution is -0.126. The van der Waals surface area contributed by atoms with E-state index >= 15 is 0 Å². The highest BCUT2D eigenvalue weighted by Crippen LogP contribution is 2.42. The van der Waals surface area contributed by atoms with E-state index in [0.717, 1.165) is 4.42 Å². The molecule has 11 heteroatoms. The van der Waals surface area contributed by atoms with Gasteiger partial charge in [0.05, 0.1) is 26.4 Å². The molecule has 0 saturated heterocycles. The van der Waals surface area contributed by atoms with E-state index < -0.39 is 17.7 Å². The van der Waals surface area contributed by atoms with Crippen LogP contribution in [-0.4, -0.2) is 44.2 Å². The van der Waals surface area contributed by atoms with Gasteiger partial charge in [0.2, 0.25) is 6.04 Å². The molecule has 0 aliphatic carbocycles. The highest BCUT2D eigenvalue weighted by atomic mass is 35.5. The summed E-state index contributed by atoms with van der Waals surface area (Å²) >= 11 is 12.6. The summed E-state index contributed by atoms with van der Waals surface area (Å²) in [5, 5.41) is 8.43. The van der Waals surface area contributed by atoms with Crippen molar-refractivity contribution in [3.63, 3.8) is 0 Å². The summed E-state index contributed by atoms with van der Waals surface area (Å²) in [5.41, 5.74) is 0.369. The number of benzene rings is 2. The molecule has 0 fully saturated rings. The van der Waals surface area contributed by atoms with Gasteiger partial charge in [-0.05, 0) is 52.8 Å². The molecule has 0 heterocycles. The van der Waals surface area contributed by atoms with Gasteiger partial charge in [0.1, 0.15) is 22.9 Å². The number of hydrogen-bond donors (Lipinski definition) is 0. The fraction of sp³-hybridized carbons (Fsp3) is 0.417. The minimum atomic E-state index is -1.54. The van der Waals surface area contributed by atoms with Gasteiger partial charge in [-0.15, -0.1) is 0 Å². The van der Waals surface area contributed by atoms with Gasteiger partial charge in [0.15, 0.2) is 17.3 Å². The Balaban J connectivity index is 2.49. The Hall–Kier alpha value is -3.04. The summed E-state index contributed by atoms with van der Waals surface area (Å²) in [4.78, 5) is 25.7. The highest BCUT2D eigenvalue weighted by Gasteiger charge is 2.32. The second-order valence-corrected chi connectivity index (χ2v) is 7.71. The summed E-state index contributed by atoms with van der Waals surface area (Å²) in [6.07, 6.45) is 0. The normalized spacial score (nSPS) is 11.7. The van der Waals surface area contributed by atoms with E-state index in [9.17, 15) is 9.59 Å². The fourth-order valence-electron chi connectivity index (χ4n) is 3.06. The molecule has 0 N–H and O–H groups in total. The van der Waals surface area contributed by atoms with Gasteiger partial charge >= 0.3 is 0 Å². The fourth-order valence-corrected chi connectivity index (χ4v) is 3.52. The molecular weight excluding hydrogens is 497 g/mol. The molecule has 1 amide bonds. The van der Waals surface area contributed by atoms with Crippen LogP contribution in [0.25, 0.3) is 0 Å². The van der Waals surface area contributed by atoms with Gasteiger partial charge in [0.25, 0.3) is 5.91 Å². The zero-order valence-corrected chi connectivity index (χ0v) is 21.9.